The summed E-state index contributed by atoms with van der Waals surface area (Å²) in [5.74, 6) is 1.09. The molecule has 0 radical (unpaired) electrons. The van der Waals surface area contributed by atoms with Crippen LogP contribution in [-0.4, -0.2) is 45.2 Å². The maximum absolute atomic E-state index is 14.1. The van der Waals surface area contributed by atoms with Gasteiger partial charge in [0.1, 0.15) is 11.6 Å². The zero-order chi connectivity index (χ0) is 27.2. The quantitative estimate of drug-likeness (QED) is 0.365. The van der Waals surface area contributed by atoms with Gasteiger partial charge in [-0.1, -0.05) is 37.5 Å². The minimum Gasteiger partial charge on any atom is -0.481 e. The first-order valence-corrected chi connectivity index (χ1v) is 14.8. The molecular weight excluding hydrogens is 494 g/mol. The van der Waals surface area contributed by atoms with Crippen molar-refractivity contribution in [2.45, 2.75) is 101 Å². The molecule has 4 N–H and O–H groups in total. The van der Waals surface area contributed by atoms with Crippen LogP contribution in [0.1, 0.15) is 83.1 Å². The number of nitrogens with one attached hydrogen (secondary N) is 3. The van der Waals surface area contributed by atoms with Gasteiger partial charge in [-0.2, -0.15) is 0 Å². The first-order chi connectivity index (χ1) is 18.7. The lowest BCUT2D eigenvalue weighted by molar-refractivity contribution is -0.140. The summed E-state index contributed by atoms with van der Waals surface area (Å²) in [7, 11) is 0. The number of carbonyl (C=O) groups excluding carboxylic acids is 2. The zero-order valence-electron chi connectivity index (χ0n) is 22.8. The summed E-state index contributed by atoms with van der Waals surface area (Å²) < 4.78 is 6.13. The molecule has 5 aliphatic carbocycles. The van der Waals surface area contributed by atoms with E-state index in [0.717, 1.165) is 73.2 Å². The van der Waals surface area contributed by atoms with Crippen molar-refractivity contribution >= 4 is 28.9 Å². The summed E-state index contributed by atoms with van der Waals surface area (Å²) in [6.07, 6.45) is 11.2. The average Bonchev–Trinajstić information content (AvgIpc) is 3.28. The molecule has 1 atom stereocenters. The normalized spacial score (nSPS) is 30.4. The van der Waals surface area contributed by atoms with E-state index in [-0.39, 0.29) is 24.9 Å². The molecular formula is C31H41N3O5. The highest BCUT2D eigenvalue weighted by Crippen LogP contribution is 2.54. The van der Waals surface area contributed by atoms with Crippen LogP contribution in [0, 0.1) is 23.7 Å². The SMILES string of the molecule is C[C@](Cc1c[nH]c2ccccc12)(NC(=O)OC1C2CC3CC(C2)CC1C3)C(=O)NC1(CC(=O)O)CCCCC1. The monoisotopic (exact) mass is 535 g/mol. The molecule has 8 heteroatoms. The third kappa shape index (κ3) is 5.27. The van der Waals surface area contributed by atoms with Crippen LogP contribution in [0.4, 0.5) is 4.79 Å². The predicted octanol–water partition coefficient (Wildman–Crippen LogP) is 5.31. The number of amides is 2. The maximum Gasteiger partial charge on any atom is 0.408 e. The molecule has 8 nitrogen and oxygen atoms in total. The molecule has 210 valence electrons. The Morgan fingerprint density at radius 2 is 1.69 bits per heavy atom. The van der Waals surface area contributed by atoms with E-state index < -0.39 is 23.1 Å². The number of carboxylic acid groups (broad SMARTS) is 1. The first kappa shape index (κ1) is 26.2. The van der Waals surface area contributed by atoms with Gasteiger partial charge in [-0.05, 0) is 87.2 Å². The average molecular weight is 536 g/mol. The minimum absolute atomic E-state index is 0.0881. The van der Waals surface area contributed by atoms with Crippen molar-refractivity contribution in [2.75, 3.05) is 0 Å². The number of para-hydroxylation sites is 1. The summed E-state index contributed by atoms with van der Waals surface area (Å²) >= 11 is 0. The van der Waals surface area contributed by atoms with E-state index in [0.29, 0.717) is 24.7 Å². The lowest BCUT2D eigenvalue weighted by Crippen LogP contribution is -2.64. The van der Waals surface area contributed by atoms with Gasteiger partial charge in [-0.15, -0.1) is 0 Å². The van der Waals surface area contributed by atoms with Gasteiger partial charge in [0.05, 0.1) is 12.0 Å². The fourth-order valence-corrected chi connectivity index (χ4v) is 8.53. The fraction of sp³-hybridized carbons (Fsp3) is 0.645. The van der Waals surface area contributed by atoms with E-state index in [2.05, 4.69) is 15.6 Å². The van der Waals surface area contributed by atoms with Crippen molar-refractivity contribution in [3.05, 3.63) is 36.0 Å². The number of carbonyl (C=O) groups is 3. The highest BCUT2D eigenvalue weighted by atomic mass is 16.6. The molecule has 0 aliphatic heterocycles. The molecule has 0 unspecified atom stereocenters. The van der Waals surface area contributed by atoms with Gasteiger partial charge in [0.25, 0.3) is 0 Å². The highest BCUT2D eigenvalue weighted by Gasteiger charge is 2.51. The number of aromatic amines is 1. The van der Waals surface area contributed by atoms with Crippen molar-refractivity contribution < 1.29 is 24.2 Å². The summed E-state index contributed by atoms with van der Waals surface area (Å²) in [5, 5.41) is 16.8. The highest BCUT2D eigenvalue weighted by molar-refractivity contribution is 5.92. The molecule has 5 aliphatic rings. The number of aromatic nitrogens is 1. The van der Waals surface area contributed by atoms with E-state index in [1.165, 1.54) is 6.42 Å². The Kier molecular flexibility index (Phi) is 6.84. The molecule has 0 spiro atoms. The van der Waals surface area contributed by atoms with E-state index >= 15 is 0 Å². The second-order valence-electron chi connectivity index (χ2n) is 13.2. The molecule has 4 bridgehead atoms. The van der Waals surface area contributed by atoms with Gasteiger partial charge >= 0.3 is 12.1 Å². The fourth-order valence-electron chi connectivity index (χ4n) is 8.53. The summed E-state index contributed by atoms with van der Waals surface area (Å²) in [6.45, 7) is 1.74. The number of benzene rings is 1. The van der Waals surface area contributed by atoms with Gasteiger partial charge in [0.2, 0.25) is 5.91 Å². The lowest BCUT2D eigenvalue weighted by Gasteiger charge is -2.53. The summed E-state index contributed by atoms with van der Waals surface area (Å²) in [5.41, 5.74) is -0.262. The molecule has 5 fully saturated rings. The van der Waals surface area contributed by atoms with Gasteiger partial charge in [0.15, 0.2) is 0 Å². The Morgan fingerprint density at radius 3 is 2.36 bits per heavy atom. The standard InChI is InChI=1S/C31H41N3O5/c1-30(16-23-18-32-25-8-4-3-7-24(23)25,28(37)33-31(17-26(35)36)9-5-2-6-10-31)34-29(38)39-27-21-12-19-11-20(14-21)15-22(27)13-19/h3-4,7-8,18-22,27,32H,2,5-6,9-17H2,1H3,(H,33,37)(H,34,38)(H,35,36)/t19?,20?,21?,22?,27?,30-/m1/s1. The third-order valence-electron chi connectivity index (χ3n) is 10.2. The largest absolute Gasteiger partial charge is 0.481 e. The van der Waals surface area contributed by atoms with Crippen molar-refractivity contribution in [1.29, 1.82) is 0 Å². The van der Waals surface area contributed by atoms with E-state index in [4.69, 9.17) is 4.74 Å². The number of aliphatic carboxylic acids is 1. The third-order valence-corrected chi connectivity index (χ3v) is 10.2. The Bertz CT molecular complexity index is 1220. The molecule has 2 aromatic rings. The van der Waals surface area contributed by atoms with Crippen molar-refractivity contribution in [3.8, 4) is 0 Å². The number of ether oxygens (including phenoxy) is 1. The lowest BCUT2D eigenvalue weighted by atomic mass is 9.55. The second-order valence-corrected chi connectivity index (χ2v) is 13.2. The molecule has 1 aromatic heterocycles. The first-order valence-electron chi connectivity index (χ1n) is 14.8. The Hall–Kier alpha value is -3.03. The van der Waals surface area contributed by atoms with Gasteiger partial charge in [-0.25, -0.2) is 4.79 Å². The van der Waals surface area contributed by atoms with Crippen LogP contribution in [0.2, 0.25) is 0 Å². The molecule has 1 aromatic carbocycles. The van der Waals surface area contributed by atoms with Gasteiger partial charge in [0, 0.05) is 23.5 Å². The molecule has 2 amide bonds. The van der Waals surface area contributed by atoms with E-state index in [1.807, 2.05) is 30.5 Å². The summed E-state index contributed by atoms with van der Waals surface area (Å²) in [4.78, 5) is 42.6. The van der Waals surface area contributed by atoms with Gasteiger partial charge in [-0.3, -0.25) is 9.59 Å². The van der Waals surface area contributed by atoms with Crippen LogP contribution in [0.15, 0.2) is 30.5 Å². The Balaban J connectivity index is 1.24. The molecule has 7 rings (SSSR count). The summed E-state index contributed by atoms with van der Waals surface area (Å²) in [6, 6.07) is 7.89. The van der Waals surface area contributed by atoms with Crippen molar-refractivity contribution in [2.24, 2.45) is 23.7 Å². The van der Waals surface area contributed by atoms with Crippen LogP contribution >= 0.6 is 0 Å². The van der Waals surface area contributed by atoms with Crippen LogP contribution < -0.4 is 10.6 Å². The molecule has 5 saturated carbocycles. The van der Waals surface area contributed by atoms with E-state index in [1.54, 1.807) is 6.92 Å². The number of alkyl carbamates (subject to hydrolysis) is 1. The minimum atomic E-state index is -1.32. The number of hydrogen-bond donors (Lipinski definition) is 4. The van der Waals surface area contributed by atoms with Crippen LogP contribution in [0.5, 0.6) is 0 Å². The Morgan fingerprint density at radius 1 is 1.03 bits per heavy atom. The number of H-pyrrole nitrogens is 1. The van der Waals surface area contributed by atoms with Crippen molar-refractivity contribution in [3.63, 3.8) is 0 Å². The second kappa shape index (κ2) is 10.2. The van der Waals surface area contributed by atoms with Gasteiger partial charge < -0.3 is 25.5 Å². The Labute approximate surface area is 229 Å². The zero-order valence-corrected chi connectivity index (χ0v) is 22.8. The number of fused-ring (bicyclic) bond motifs is 1. The topological polar surface area (TPSA) is 121 Å². The smallest absolute Gasteiger partial charge is 0.408 e. The molecule has 0 saturated heterocycles. The predicted molar refractivity (Wildman–Crippen MR) is 147 cm³/mol. The molecule has 39 heavy (non-hydrogen) atoms. The van der Waals surface area contributed by atoms with Crippen LogP contribution in [0.25, 0.3) is 10.9 Å². The number of carboxylic acids is 1. The van der Waals surface area contributed by atoms with Crippen molar-refractivity contribution in [1.82, 2.24) is 15.6 Å². The van der Waals surface area contributed by atoms with Crippen LogP contribution in [0.3, 0.4) is 0 Å². The maximum atomic E-state index is 14.1. The van der Waals surface area contributed by atoms with E-state index in [9.17, 15) is 19.5 Å². The number of rotatable bonds is 8. The molecule has 1 heterocycles. The number of hydrogen-bond acceptors (Lipinski definition) is 4. The van der Waals surface area contributed by atoms with Crippen LogP contribution in [-0.2, 0) is 20.7 Å².